The van der Waals surface area contributed by atoms with E-state index in [1.165, 1.54) is 28.6 Å². The second-order valence-electron chi connectivity index (χ2n) is 6.89. The lowest BCUT2D eigenvalue weighted by atomic mass is 10.1. The van der Waals surface area contributed by atoms with Crippen LogP contribution in [0.2, 0.25) is 0 Å². The summed E-state index contributed by atoms with van der Waals surface area (Å²) in [4.78, 5) is 11.1. The maximum atomic E-state index is 13.0. The summed E-state index contributed by atoms with van der Waals surface area (Å²) in [6, 6.07) is 6.74. The Morgan fingerprint density at radius 3 is 2.10 bits per heavy atom. The lowest BCUT2D eigenvalue weighted by Crippen LogP contribution is -2.30. The van der Waals surface area contributed by atoms with Crippen LogP contribution in [0.25, 0.3) is 0 Å². The summed E-state index contributed by atoms with van der Waals surface area (Å²) >= 11 is 0. The van der Waals surface area contributed by atoms with E-state index in [2.05, 4.69) is 4.72 Å². The molecule has 0 fully saturated rings. The van der Waals surface area contributed by atoms with Crippen LogP contribution < -0.4 is 4.72 Å². The number of nitrogens with one attached hydrogen (secondary N) is 1. The molecular weight excluding hydrogens is 428 g/mol. The number of sulfonamides is 2. The van der Waals surface area contributed by atoms with Crippen LogP contribution in [0.4, 0.5) is 5.69 Å². The molecule has 0 unspecified atom stereocenters. The second kappa shape index (κ2) is 8.75. The van der Waals surface area contributed by atoms with Crippen molar-refractivity contribution in [3.8, 4) is 0 Å². The van der Waals surface area contributed by atoms with Crippen LogP contribution in [-0.2, 0) is 20.0 Å². The number of hydrogen-bond donors (Lipinski definition) is 2. The molecule has 0 saturated carbocycles. The third-order valence-electron chi connectivity index (χ3n) is 4.95. The number of aromatic carboxylic acids is 1. The van der Waals surface area contributed by atoms with E-state index in [0.29, 0.717) is 16.7 Å². The van der Waals surface area contributed by atoms with Crippen LogP contribution in [0.15, 0.2) is 40.1 Å². The highest BCUT2D eigenvalue weighted by molar-refractivity contribution is 7.92. The third kappa shape index (κ3) is 4.66. The van der Waals surface area contributed by atoms with Gasteiger partial charge in [0, 0.05) is 13.1 Å². The fourth-order valence-electron chi connectivity index (χ4n) is 3.01. The summed E-state index contributed by atoms with van der Waals surface area (Å²) in [7, 11) is -7.93. The fourth-order valence-corrected chi connectivity index (χ4v) is 5.96. The van der Waals surface area contributed by atoms with Crippen LogP contribution >= 0.6 is 0 Å². The second-order valence-corrected chi connectivity index (χ2v) is 10.5. The van der Waals surface area contributed by atoms with Gasteiger partial charge in [0.05, 0.1) is 21.0 Å². The average Bonchev–Trinajstić information content (AvgIpc) is 2.65. The van der Waals surface area contributed by atoms with E-state index in [-0.39, 0.29) is 34.1 Å². The zero-order valence-corrected chi connectivity index (χ0v) is 19.2. The topological polar surface area (TPSA) is 121 Å². The first-order valence-corrected chi connectivity index (χ1v) is 12.3. The van der Waals surface area contributed by atoms with Crippen LogP contribution in [0.5, 0.6) is 0 Å². The molecule has 0 aliphatic carbocycles. The maximum Gasteiger partial charge on any atom is 0.335 e. The van der Waals surface area contributed by atoms with E-state index >= 15 is 0 Å². The Balaban J connectivity index is 2.57. The molecule has 10 heteroatoms. The van der Waals surface area contributed by atoms with Gasteiger partial charge in [0.1, 0.15) is 0 Å². The van der Waals surface area contributed by atoms with Crippen LogP contribution in [0.3, 0.4) is 0 Å². The lowest BCUT2D eigenvalue weighted by Gasteiger charge is -2.20. The fraction of sp³-hybridized carbons (Fsp3) is 0.350. The lowest BCUT2D eigenvalue weighted by molar-refractivity contribution is 0.0696. The van der Waals surface area contributed by atoms with Crippen molar-refractivity contribution in [2.24, 2.45) is 0 Å². The summed E-state index contributed by atoms with van der Waals surface area (Å²) in [5, 5.41) is 9.26. The molecule has 0 atom stereocenters. The molecule has 0 radical (unpaired) electrons. The van der Waals surface area contributed by atoms with Gasteiger partial charge in [-0.25, -0.2) is 21.6 Å². The van der Waals surface area contributed by atoms with Gasteiger partial charge >= 0.3 is 5.97 Å². The largest absolute Gasteiger partial charge is 0.478 e. The van der Waals surface area contributed by atoms with Gasteiger partial charge in [0.2, 0.25) is 10.0 Å². The molecular formula is C20H26N2O6S2. The van der Waals surface area contributed by atoms with Crippen molar-refractivity contribution in [2.75, 3.05) is 17.8 Å². The number of anilines is 1. The summed E-state index contributed by atoms with van der Waals surface area (Å²) in [5.74, 6) is -1.24. The Bertz CT molecular complexity index is 1180. The van der Waals surface area contributed by atoms with E-state index in [0.717, 1.165) is 6.07 Å². The van der Waals surface area contributed by atoms with Crippen molar-refractivity contribution in [1.82, 2.24) is 4.31 Å². The predicted molar refractivity (Wildman–Crippen MR) is 115 cm³/mol. The first kappa shape index (κ1) is 23.8. The molecule has 0 heterocycles. The van der Waals surface area contributed by atoms with E-state index in [4.69, 9.17) is 0 Å². The minimum atomic E-state index is -4.16. The summed E-state index contributed by atoms with van der Waals surface area (Å²) < 4.78 is 55.4. The maximum absolute atomic E-state index is 13.0. The van der Waals surface area contributed by atoms with E-state index < -0.39 is 26.0 Å². The Labute approximate surface area is 177 Å². The Kier molecular flexibility index (Phi) is 6.95. The summed E-state index contributed by atoms with van der Waals surface area (Å²) in [6.07, 6.45) is 0. The number of hydrogen-bond acceptors (Lipinski definition) is 5. The van der Waals surface area contributed by atoms with Crippen molar-refractivity contribution in [2.45, 2.75) is 44.4 Å². The highest BCUT2D eigenvalue weighted by Crippen LogP contribution is 2.28. The molecule has 2 rings (SSSR count). The first-order chi connectivity index (χ1) is 13.8. The van der Waals surface area contributed by atoms with Crippen molar-refractivity contribution in [3.63, 3.8) is 0 Å². The quantitative estimate of drug-likeness (QED) is 0.632. The van der Waals surface area contributed by atoms with Gasteiger partial charge in [-0.15, -0.1) is 0 Å². The number of aryl methyl sites for hydroxylation is 2. The van der Waals surface area contributed by atoms with E-state index in [1.54, 1.807) is 34.6 Å². The highest BCUT2D eigenvalue weighted by Gasteiger charge is 2.25. The van der Waals surface area contributed by atoms with Crippen LogP contribution in [0.1, 0.15) is 40.9 Å². The van der Waals surface area contributed by atoms with Crippen molar-refractivity contribution in [1.29, 1.82) is 0 Å². The van der Waals surface area contributed by atoms with Crippen molar-refractivity contribution in [3.05, 3.63) is 52.6 Å². The number of benzene rings is 2. The minimum absolute atomic E-state index is 0.0262. The van der Waals surface area contributed by atoms with Gasteiger partial charge in [-0.1, -0.05) is 19.9 Å². The summed E-state index contributed by atoms with van der Waals surface area (Å²) in [6.45, 7) is 8.88. The summed E-state index contributed by atoms with van der Waals surface area (Å²) in [5.41, 5.74) is 1.43. The number of carboxylic acid groups (broad SMARTS) is 1. The molecule has 0 aromatic heterocycles. The highest BCUT2D eigenvalue weighted by atomic mass is 32.2. The molecule has 164 valence electrons. The molecule has 0 aliphatic rings. The van der Waals surface area contributed by atoms with Gasteiger partial charge in [0.15, 0.2) is 0 Å². The Hall–Kier alpha value is -2.43. The molecule has 0 saturated heterocycles. The number of rotatable bonds is 8. The van der Waals surface area contributed by atoms with Gasteiger partial charge in [0.25, 0.3) is 10.0 Å². The SMILES string of the molecule is CCN(CC)S(=O)(=O)c1ccc(C)c(NS(=O)(=O)c2cc(C(=O)O)cc(C)c2C)c1. The standard InChI is InChI=1S/C20H26N2O6S2/c1-6-22(7-2)30(27,28)17-9-8-13(3)18(12-17)21-29(25,26)19-11-16(20(23)24)10-14(4)15(19)5/h8-12,21H,6-7H2,1-5H3,(H,23,24). The van der Waals surface area contributed by atoms with Crippen molar-refractivity contribution >= 4 is 31.7 Å². The Morgan fingerprint density at radius 2 is 1.57 bits per heavy atom. The van der Waals surface area contributed by atoms with Crippen LogP contribution in [-0.4, -0.2) is 45.3 Å². The molecule has 2 aromatic carbocycles. The molecule has 0 spiro atoms. The number of nitrogens with zero attached hydrogens (tertiary/aromatic N) is 1. The van der Waals surface area contributed by atoms with Crippen LogP contribution in [0, 0.1) is 20.8 Å². The monoisotopic (exact) mass is 454 g/mol. The molecule has 2 aromatic rings. The molecule has 8 nitrogen and oxygen atoms in total. The minimum Gasteiger partial charge on any atom is -0.478 e. The molecule has 0 bridgehead atoms. The van der Waals surface area contributed by atoms with Gasteiger partial charge in [-0.3, -0.25) is 4.72 Å². The van der Waals surface area contributed by atoms with E-state index in [1.807, 2.05) is 0 Å². The number of carbonyl (C=O) groups is 1. The van der Waals surface area contributed by atoms with Gasteiger partial charge in [-0.05, 0) is 61.7 Å². The zero-order valence-electron chi connectivity index (χ0n) is 17.6. The third-order valence-corrected chi connectivity index (χ3v) is 8.49. The average molecular weight is 455 g/mol. The van der Waals surface area contributed by atoms with Gasteiger partial charge < -0.3 is 5.11 Å². The zero-order chi connectivity index (χ0) is 22.9. The number of carboxylic acids is 1. The van der Waals surface area contributed by atoms with Gasteiger partial charge in [-0.2, -0.15) is 4.31 Å². The predicted octanol–water partition coefficient (Wildman–Crippen LogP) is 3.14. The van der Waals surface area contributed by atoms with E-state index in [9.17, 15) is 26.7 Å². The van der Waals surface area contributed by atoms with Crippen molar-refractivity contribution < 1.29 is 26.7 Å². The smallest absolute Gasteiger partial charge is 0.335 e. The molecule has 2 N–H and O–H groups in total. The first-order valence-electron chi connectivity index (χ1n) is 9.33. The molecule has 0 aliphatic heterocycles. The molecule has 0 amide bonds. The molecule has 30 heavy (non-hydrogen) atoms. The normalized spacial score (nSPS) is 12.2. The Morgan fingerprint density at radius 1 is 0.967 bits per heavy atom.